The fraction of sp³-hybridized carbons (Fsp3) is 0.300. The highest BCUT2D eigenvalue weighted by Crippen LogP contribution is 2.36. The number of aliphatic hydroxyl groups is 1. The lowest BCUT2D eigenvalue weighted by atomic mass is 9.96. The Bertz CT molecular complexity index is 874. The minimum Gasteiger partial charge on any atom is -0.384 e. The predicted octanol–water partition coefficient (Wildman–Crippen LogP) is 2.41. The fourth-order valence-corrected chi connectivity index (χ4v) is 3.67. The van der Waals surface area contributed by atoms with Crippen LogP contribution in [0.4, 0.5) is 0 Å². The minimum absolute atomic E-state index is 0.533. The van der Waals surface area contributed by atoms with Crippen molar-refractivity contribution in [2.24, 2.45) is 7.05 Å². The summed E-state index contributed by atoms with van der Waals surface area (Å²) >= 11 is 0. The van der Waals surface area contributed by atoms with E-state index in [2.05, 4.69) is 21.5 Å². The van der Waals surface area contributed by atoms with Crippen LogP contribution < -0.4 is 5.32 Å². The molecule has 0 saturated carbocycles. The normalized spacial score (nSPS) is 19.1. The van der Waals surface area contributed by atoms with E-state index in [0.717, 1.165) is 35.2 Å². The Morgan fingerprint density at radius 1 is 1.24 bits per heavy atom. The van der Waals surface area contributed by atoms with Gasteiger partial charge in [0.25, 0.3) is 0 Å². The highest BCUT2D eigenvalue weighted by Gasteiger charge is 2.35. The van der Waals surface area contributed by atoms with Gasteiger partial charge in [-0.1, -0.05) is 24.3 Å². The maximum Gasteiger partial charge on any atom is 0.103 e. The molecule has 0 fully saturated rings. The molecule has 1 aliphatic carbocycles. The van der Waals surface area contributed by atoms with Crippen LogP contribution in [0.15, 0.2) is 55.0 Å². The molecule has 0 saturated heterocycles. The number of benzene rings is 1. The van der Waals surface area contributed by atoms with Gasteiger partial charge in [0.05, 0.1) is 5.69 Å². The van der Waals surface area contributed by atoms with Gasteiger partial charge in [-0.15, -0.1) is 0 Å². The molecule has 25 heavy (non-hydrogen) atoms. The molecule has 0 spiro atoms. The number of nitrogens with zero attached hydrogens (tertiary/aromatic N) is 3. The van der Waals surface area contributed by atoms with Gasteiger partial charge in [0.2, 0.25) is 0 Å². The zero-order valence-electron chi connectivity index (χ0n) is 14.3. The van der Waals surface area contributed by atoms with Gasteiger partial charge in [-0.05, 0) is 36.1 Å². The molecule has 0 bridgehead atoms. The summed E-state index contributed by atoms with van der Waals surface area (Å²) in [4.78, 5) is 4.18. The van der Waals surface area contributed by atoms with Crippen LogP contribution in [-0.2, 0) is 25.6 Å². The van der Waals surface area contributed by atoms with Crippen molar-refractivity contribution in [2.75, 3.05) is 6.54 Å². The number of hydrogen-bond acceptors (Lipinski definition) is 4. The first kappa shape index (κ1) is 16.0. The van der Waals surface area contributed by atoms with Crippen molar-refractivity contribution in [3.05, 3.63) is 71.7 Å². The lowest BCUT2D eigenvalue weighted by Crippen LogP contribution is -2.36. The fourth-order valence-electron chi connectivity index (χ4n) is 3.67. The van der Waals surface area contributed by atoms with Crippen LogP contribution in [0.1, 0.15) is 23.1 Å². The van der Waals surface area contributed by atoms with E-state index in [1.807, 2.05) is 54.5 Å². The van der Waals surface area contributed by atoms with Crippen molar-refractivity contribution in [3.63, 3.8) is 0 Å². The molecule has 128 valence electrons. The van der Waals surface area contributed by atoms with Crippen molar-refractivity contribution in [1.82, 2.24) is 20.1 Å². The van der Waals surface area contributed by atoms with E-state index in [1.165, 1.54) is 5.56 Å². The van der Waals surface area contributed by atoms with E-state index in [4.69, 9.17) is 0 Å². The molecule has 2 aromatic heterocycles. The summed E-state index contributed by atoms with van der Waals surface area (Å²) in [6, 6.07) is 12.1. The second-order valence-electron chi connectivity index (χ2n) is 6.71. The number of rotatable bonds is 5. The molecule has 4 rings (SSSR count). The minimum atomic E-state index is -0.784. The molecular weight excluding hydrogens is 312 g/mol. The molecule has 3 aromatic rings. The number of aromatic nitrogens is 3. The monoisotopic (exact) mass is 334 g/mol. The van der Waals surface area contributed by atoms with E-state index in [9.17, 15) is 5.11 Å². The van der Waals surface area contributed by atoms with Crippen LogP contribution in [0.2, 0.25) is 0 Å². The van der Waals surface area contributed by atoms with Gasteiger partial charge in [0.1, 0.15) is 5.60 Å². The lowest BCUT2D eigenvalue weighted by Gasteiger charge is -2.24. The van der Waals surface area contributed by atoms with Crippen LogP contribution in [0.5, 0.6) is 0 Å². The molecule has 0 aliphatic heterocycles. The van der Waals surface area contributed by atoms with Crippen LogP contribution in [0.25, 0.3) is 11.3 Å². The zero-order valence-corrected chi connectivity index (χ0v) is 14.3. The maximum atomic E-state index is 11.0. The third-order valence-electron chi connectivity index (χ3n) is 4.90. The summed E-state index contributed by atoms with van der Waals surface area (Å²) in [5.41, 5.74) is 4.57. The van der Waals surface area contributed by atoms with Crippen molar-refractivity contribution in [1.29, 1.82) is 0 Å². The molecule has 1 atom stereocenters. The summed E-state index contributed by atoms with van der Waals surface area (Å²) in [6.45, 7) is 1.19. The number of nitrogens with one attached hydrogen (secondary N) is 1. The third-order valence-corrected chi connectivity index (χ3v) is 4.90. The van der Waals surface area contributed by atoms with Crippen LogP contribution >= 0.6 is 0 Å². The lowest BCUT2D eigenvalue weighted by molar-refractivity contribution is 0.0384. The number of hydrogen-bond donors (Lipinski definition) is 2. The topological polar surface area (TPSA) is 63.0 Å². The Hall–Kier alpha value is -2.50. The Balaban J connectivity index is 1.48. The van der Waals surface area contributed by atoms with Gasteiger partial charge in [0, 0.05) is 49.9 Å². The van der Waals surface area contributed by atoms with Crippen molar-refractivity contribution in [2.45, 2.75) is 25.0 Å². The standard InChI is InChI=1S/C20H22N4O/c1-24-13-17(19(23-24)16-6-4-10-21-11-16)12-22-14-20(25)9-8-15-5-2-3-7-18(15)20/h2-7,10-11,13,22,25H,8-9,12,14H2,1H3. The van der Waals surface area contributed by atoms with Crippen LogP contribution in [0.3, 0.4) is 0 Å². The van der Waals surface area contributed by atoms with E-state index in [1.54, 1.807) is 6.20 Å². The molecule has 5 nitrogen and oxygen atoms in total. The Kier molecular flexibility index (Phi) is 4.11. The van der Waals surface area contributed by atoms with Crippen LogP contribution in [0, 0.1) is 0 Å². The summed E-state index contributed by atoms with van der Waals surface area (Å²) in [7, 11) is 1.92. The first-order valence-electron chi connectivity index (χ1n) is 8.60. The summed E-state index contributed by atoms with van der Waals surface area (Å²) < 4.78 is 1.82. The van der Waals surface area contributed by atoms with E-state index >= 15 is 0 Å². The van der Waals surface area contributed by atoms with Crippen molar-refractivity contribution < 1.29 is 5.11 Å². The molecular formula is C20H22N4O. The largest absolute Gasteiger partial charge is 0.384 e. The zero-order chi connectivity index (χ0) is 17.3. The number of fused-ring (bicyclic) bond motifs is 1. The molecule has 0 amide bonds. The predicted molar refractivity (Wildman–Crippen MR) is 96.8 cm³/mol. The van der Waals surface area contributed by atoms with E-state index in [0.29, 0.717) is 13.1 Å². The van der Waals surface area contributed by atoms with E-state index < -0.39 is 5.60 Å². The molecule has 5 heteroatoms. The second-order valence-corrected chi connectivity index (χ2v) is 6.71. The quantitative estimate of drug-likeness (QED) is 0.752. The summed E-state index contributed by atoms with van der Waals surface area (Å²) in [5, 5.41) is 19.0. The second kappa shape index (κ2) is 6.43. The first-order valence-corrected chi connectivity index (χ1v) is 8.60. The molecule has 0 radical (unpaired) electrons. The van der Waals surface area contributed by atoms with Gasteiger partial charge in [-0.25, -0.2) is 0 Å². The number of pyridine rings is 1. The van der Waals surface area contributed by atoms with Gasteiger partial charge in [-0.2, -0.15) is 5.10 Å². The van der Waals surface area contributed by atoms with Crippen molar-refractivity contribution >= 4 is 0 Å². The maximum absolute atomic E-state index is 11.0. The van der Waals surface area contributed by atoms with Crippen molar-refractivity contribution in [3.8, 4) is 11.3 Å². The van der Waals surface area contributed by atoms with Gasteiger partial charge >= 0.3 is 0 Å². The molecule has 1 aromatic carbocycles. The van der Waals surface area contributed by atoms with Gasteiger partial charge in [0.15, 0.2) is 0 Å². The SMILES string of the molecule is Cn1cc(CNCC2(O)CCc3ccccc32)c(-c2cccnc2)n1. The Labute approximate surface area is 147 Å². The number of aryl methyl sites for hydroxylation is 2. The molecule has 1 unspecified atom stereocenters. The summed E-state index contributed by atoms with van der Waals surface area (Å²) in [6.07, 6.45) is 7.30. The third kappa shape index (κ3) is 3.08. The van der Waals surface area contributed by atoms with Crippen LogP contribution in [-0.4, -0.2) is 26.4 Å². The Morgan fingerprint density at radius 2 is 2.12 bits per heavy atom. The molecule has 1 aliphatic rings. The van der Waals surface area contributed by atoms with Gasteiger partial charge < -0.3 is 10.4 Å². The molecule has 2 heterocycles. The van der Waals surface area contributed by atoms with E-state index in [-0.39, 0.29) is 0 Å². The highest BCUT2D eigenvalue weighted by molar-refractivity contribution is 5.61. The molecule has 2 N–H and O–H groups in total. The smallest absolute Gasteiger partial charge is 0.103 e. The average molecular weight is 334 g/mol. The first-order chi connectivity index (χ1) is 12.2. The van der Waals surface area contributed by atoms with Gasteiger partial charge in [-0.3, -0.25) is 9.67 Å². The Morgan fingerprint density at radius 3 is 2.96 bits per heavy atom. The summed E-state index contributed by atoms with van der Waals surface area (Å²) in [5.74, 6) is 0. The highest BCUT2D eigenvalue weighted by atomic mass is 16.3. The average Bonchev–Trinajstić information content (AvgIpc) is 3.17.